The first-order valence-corrected chi connectivity index (χ1v) is 8.39. The molecule has 0 fully saturated rings. The topological polar surface area (TPSA) is 65.8 Å². The average Bonchev–Trinajstić information content (AvgIpc) is 2.90. The van der Waals surface area contributed by atoms with Crippen LogP contribution in [0.3, 0.4) is 0 Å². The van der Waals surface area contributed by atoms with E-state index in [0.29, 0.717) is 17.7 Å². The minimum atomic E-state index is -0.0615. The van der Waals surface area contributed by atoms with Crippen LogP contribution in [0.4, 0.5) is 5.69 Å². The van der Waals surface area contributed by atoms with Crippen LogP contribution in [0, 0.1) is 18.3 Å². The van der Waals surface area contributed by atoms with Crippen molar-refractivity contribution in [2.45, 2.75) is 24.1 Å². The highest BCUT2D eigenvalue weighted by Gasteiger charge is 2.06. The lowest BCUT2D eigenvalue weighted by Crippen LogP contribution is -2.12. The molecule has 1 N–H and O–H groups in total. The number of aryl methyl sites for hydroxylation is 1. The van der Waals surface area contributed by atoms with E-state index in [-0.39, 0.29) is 5.91 Å². The number of para-hydroxylation sites is 1. The second kappa shape index (κ2) is 7.81. The summed E-state index contributed by atoms with van der Waals surface area (Å²) in [5.41, 5.74) is 2.10. The molecule has 0 atom stereocenters. The molecule has 1 aromatic carbocycles. The third kappa shape index (κ3) is 4.88. The van der Waals surface area contributed by atoms with Crippen molar-refractivity contribution in [3.8, 4) is 6.07 Å². The lowest BCUT2D eigenvalue weighted by molar-refractivity contribution is -0.116. The third-order valence-electron chi connectivity index (χ3n) is 2.69. The molecule has 0 bridgehead atoms. The first kappa shape index (κ1) is 15.5. The van der Waals surface area contributed by atoms with Crippen LogP contribution in [0.2, 0.25) is 0 Å². The molecule has 0 aliphatic rings. The summed E-state index contributed by atoms with van der Waals surface area (Å²) in [6, 6.07) is 9.08. The first-order valence-electron chi connectivity index (χ1n) is 6.53. The van der Waals surface area contributed by atoms with Crippen molar-refractivity contribution in [1.29, 1.82) is 5.26 Å². The number of nitrogens with zero attached hydrogens (tertiary/aromatic N) is 2. The standard InChI is InChI=1S/C15H15N3OS2/c1-11-10-21-15(17-11)20-8-4-7-14(19)18-13-6-3-2-5-12(13)9-16/h2-3,5-6,10H,4,7-8H2,1H3,(H,18,19). The number of thiazole rings is 1. The van der Waals surface area contributed by atoms with Crippen molar-refractivity contribution >= 4 is 34.7 Å². The van der Waals surface area contributed by atoms with Crippen molar-refractivity contribution in [3.63, 3.8) is 0 Å². The highest BCUT2D eigenvalue weighted by Crippen LogP contribution is 2.23. The molecule has 2 rings (SSSR count). The van der Waals surface area contributed by atoms with Crippen LogP contribution in [0.1, 0.15) is 24.1 Å². The minimum Gasteiger partial charge on any atom is -0.325 e. The summed E-state index contributed by atoms with van der Waals surface area (Å²) >= 11 is 3.30. The molecule has 2 aromatic rings. The zero-order valence-electron chi connectivity index (χ0n) is 11.6. The molecule has 0 aliphatic heterocycles. The summed E-state index contributed by atoms with van der Waals surface area (Å²) in [6.45, 7) is 1.97. The number of carbonyl (C=O) groups is 1. The minimum absolute atomic E-state index is 0.0615. The average molecular weight is 317 g/mol. The molecule has 0 radical (unpaired) electrons. The summed E-state index contributed by atoms with van der Waals surface area (Å²) in [7, 11) is 0. The molecule has 6 heteroatoms. The van der Waals surface area contributed by atoms with Gasteiger partial charge in [0.05, 0.1) is 11.3 Å². The van der Waals surface area contributed by atoms with Gasteiger partial charge in [0.2, 0.25) is 5.91 Å². The predicted molar refractivity (Wildman–Crippen MR) is 86.6 cm³/mol. The summed E-state index contributed by atoms with van der Waals surface area (Å²) < 4.78 is 1.04. The van der Waals surface area contributed by atoms with Gasteiger partial charge in [-0.25, -0.2) is 4.98 Å². The molecule has 0 saturated heterocycles. The number of hydrogen-bond acceptors (Lipinski definition) is 5. The molecule has 4 nitrogen and oxygen atoms in total. The smallest absolute Gasteiger partial charge is 0.224 e. The van der Waals surface area contributed by atoms with Gasteiger partial charge in [-0.05, 0) is 25.5 Å². The fraction of sp³-hybridized carbons (Fsp3) is 0.267. The maximum Gasteiger partial charge on any atom is 0.224 e. The Kier molecular flexibility index (Phi) is 5.78. The van der Waals surface area contributed by atoms with E-state index in [9.17, 15) is 4.79 Å². The molecule has 0 unspecified atom stereocenters. The SMILES string of the molecule is Cc1csc(SCCCC(=O)Nc2ccccc2C#N)n1. The van der Waals surface area contributed by atoms with E-state index >= 15 is 0 Å². The highest BCUT2D eigenvalue weighted by molar-refractivity contribution is 8.01. The number of anilines is 1. The van der Waals surface area contributed by atoms with E-state index in [1.54, 1.807) is 47.4 Å². The van der Waals surface area contributed by atoms with E-state index in [1.807, 2.05) is 12.3 Å². The zero-order valence-corrected chi connectivity index (χ0v) is 13.3. The monoisotopic (exact) mass is 317 g/mol. The van der Waals surface area contributed by atoms with Gasteiger partial charge in [0.1, 0.15) is 10.4 Å². The van der Waals surface area contributed by atoms with Gasteiger partial charge in [0.25, 0.3) is 0 Å². The predicted octanol–water partition coefficient (Wildman–Crippen LogP) is 3.83. The quantitative estimate of drug-likeness (QED) is 0.649. The molecular weight excluding hydrogens is 302 g/mol. The number of amides is 1. The molecule has 1 amide bonds. The Balaban J connectivity index is 1.74. The van der Waals surface area contributed by atoms with Crippen molar-refractivity contribution < 1.29 is 4.79 Å². The molecule has 0 aliphatic carbocycles. The lowest BCUT2D eigenvalue weighted by Gasteiger charge is -2.06. The summed E-state index contributed by atoms with van der Waals surface area (Å²) in [5.74, 6) is 0.800. The second-order valence-corrected chi connectivity index (χ2v) is 6.61. The Hall–Kier alpha value is -1.84. The molecule has 0 saturated carbocycles. The molecule has 21 heavy (non-hydrogen) atoms. The van der Waals surface area contributed by atoms with Gasteiger partial charge in [-0.2, -0.15) is 5.26 Å². The van der Waals surface area contributed by atoms with E-state index in [0.717, 1.165) is 22.2 Å². The number of carbonyl (C=O) groups excluding carboxylic acids is 1. The van der Waals surface area contributed by atoms with E-state index in [1.165, 1.54) is 0 Å². The second-order valence-electron chi connectivity index (χ2n) is 4.41. The third-order valence-corrected chi connectivity index (χ3v) is 4.92. The van der Waals surface area contributed by atoms with Gasteiger partial charge in [-0.1, -0.05) is 23.9 Å². The van der Waals surface area contributed by atoms with Crippen LogP contribution < -0.4 is 5.32 Å². The fourth-order valence-electron chi connectivity index (χ4n) is 1.69. The Bertz CT molecular complexity index is 661. The highest BCUT2D eigenvalue weighted by atomic mass is 32.2. The molecule has 1 aromatic heterocycles. The number of nitrogens with one attached hydrogen (secondary N) is 1. The van der Waals surface area contributed by atoms with Gasteiger partial charge in [-0.3, -0.25) is 4.79 Å². The maximum atomic E-state index is 11.9. The van der Waals surface area contributed by atoms with Gasteiger partial charge in [-0.15, -0.1) is 11.3 Å². The van der Waals surface area contributed by atoms with Gasteiger partial charge < -0.3 is 5.32 Å². The van der Waals surface area contributed by atoms with Crippen LogP contribution in [-0.4, -0.2) is 16.6 Å². The molecule has 0 spiro atoms. The zero-order chi connectivity index (χ0) is 15.1. The van der Waals surface area contributed by atoms with Crippen LogP contribution in [0.5, 0.6) is 0 Å². The first-order chi connectivity index (χ1) is 10.2. The summed E-state index contributed by atoms with van der Waals surface area (Å²) in [5, 5.41) is 13.8. The van der Waals surface area contributed by atoms with Crippen LogP contribution in [0.15, 0.2) is 34.0 Å². The van der Waals surface area contributed by atoms with Crippen LogP contribution >= 0.6 is 23.1 Å². The number of benzene rings is 1. The number of thioether (sulfide) groups is 1. The summed E-state index contributed by atoms with van der Waals surface area (Å²) in [6.07, 6.45) is 1.22. The van der Waals surface area contributed by atoms with E-state index < -0.39 is 0 Å². The lowest BCUT2D eigenvalue weighted by atomic mass is 10.2. The largest absolute Gasteiger partial charge is 0.325 e. The van der Waals surface area contributed by atoms with Gasteiger partial charge in [0, 0.05) is 23.2 Å². The Morgan fingerprint density at radius 1 is 1.48 bits per heavy atom. The maximum absolute atomic E-state index is 11.9. The Morgan fingerprint density at radius 2 is 2.29 bits per heavy atom. The summed E-state index contributed by atoms with van der Waals surface area (Å²) in [4.78, 5) is 16.2. The van der Waals surface area contributed by atoms with Gasteiger partial charge >= 0.3 is 0 Å². The number of nitriles is 1. The molecule has 1 heterocycles. The van der Waals surface area contributed by atoms with Gasteiger partial charge in [0.15, 0.2) is 0 Å². The number of aromatic nitrogens is 1. The van der Waals surface area contributed by atoms with Crippen LogP contribution in [0.25, 0.3) is 0 Å². The Labute approximate surface area is 132 Å². The van der Waals surface area contributed by atoms with Crippen LogP contribution in [-0.2, 0) is 4.79 Å². The van der Waals surface area contributed by atoms with Crippen molar-refractivity contribution in [2.24, 2.45) is 0 Å². The number of rotatable bonds is 6. The normalized spacial score (nSPS) is 10.1. The molecule has 108 valence electrons. The van der Waals surface area contributed by atoms with E-state index in [4.69, 9.17) is 5.26 Å². The number of hydrogen-bond donors (Lipinski definition) is 1. The Morgan fingerprint density at radius 3 is 3.00 bits per heavy atom. The van der Waals surface area contributed by atoms with Crippen molar-refractivity contribution in [2.75, 3.05) is 11.1 Å². The van der Waals surface area contributed by atoms with Crippen molar-refractivity contribution in [3.05, 3.63) is 40.9 Å². The van der Waals surface area contributed by atoms with E-state index in [2.05, 4.69) is 16.4 Å². The van der Waals surface area contributed by atoms with Crippen molar-refractivity contribution in [1.82, 2.24) is 4.98 Å². The fourth-order valence-corrected chi connectivity index (χ4v) is 3.55. The molecular formula is C15H15N3OS2.